The molecule has 0 fully saturated rings. The second-order valence-electron chi connectivity index (χ2n) is 7.21. The molecule has 0 spiro atoms. The summed E-state index contributed by atoms with van der Waals surface area (Å²) in [6, 6.07) is 13.7. The minimum atomic E-state index is -0.150. The van der Waals surface area contributed by atoms with E-state index in [9.17, 15) is 4.79 Å². The van der Waals surface area contributed by atoms with E-state index in [1.165, 1.54) is 11.6 Å². The quantitative estimate of drug-likeness (QED) is 0.468. The molecule has 1 aliphatic heterocycles. The van der Waals surface area contributed by atoms with Crippen LogP contribution in [-0.2, 0) is 11.2 Å². The molecule has 0 atom stereocenters. The van der Waals surface area contributed by atoms with Crippen LogP contribution >= 0.6 is 11.3 Å². The summed E-state index contributed by atoms with van der Waals surface area (Å²) in [6.07, 6.45) is 3.94. The van der Waals surface area contributed by atoms with Gasteiger partial charge in [0.15, 0.2) is 17.3 Å². The molecule has 1 amide bonds. The molecule has 0 saturated carbocycles. The standard InChI is InChI=1S/C23H20N4O3S/c1-15-2-6-17(7-3-15)22-25-23-27(26-22)18(13-31-23)10-11-24-21(28)9-5-16-4-8-19-20(12-16)30-14-29-19/h2-9,12-13H,10-11,14H2,1H3,(H,24,28)/b9-5+. The molecule has 0 saturated heterocycles. The maximum absolute atomic E-state index is 12.2. The van der Waals surface area contributed by atoms with E-state index in [1.54, 1.807) is 17.4 Å². The van der Waals surface area contributed by atoms with E-state index >= 15 is 0 Å². The van der Waals surface area contributed by atoms with Crippen LogP contribution in [0.5, 0.6) is 11.5 Å². The van der Waals surface area contributed by atoms with Crippen LogP contribution in [0.25, 0.3) is 22.4 Å². The number of hydrogen-bond acceptors (Lipinski definition) is 6. The van der Waals surface area contributed by atoms with E-state index in [2.05, 4.69) is 34.5 Å². The van der Waals surface area contributed by atoms with E-state index in [-0.39, 0.29) is 12.7 Å². The lowest BCUT2D eigenvalue weighted by atomic mass is 10.1. The van der Waals surface area contributed by atoms with Crippen LogP contribution in [0.2, 0.25) is 0 Å². The molecule has 5 rings (SSSR count). The zero-order chi connectivity index (χ0) is 21.2. The highest BCUT2D eigenvalue weighted by Gasteiger charge is 2.13. The maximum Gasteiger partial charge on any atom is 0.244 e. The van der Waals surface area contributed by atoms with Gasteiger partial charge in [-0.05, 0) is 30.7 Å². The first kappa shape index (κ1) is 19.3. The largest absolute Gasteiger partial charge is 0.454 e. The Labute approximate surface area is 183 Å². The molecule has 0 bridgehead atoms. The minimum absolute atomic E-state index is 0.150. The van der Waals surface area contributed by atoms with Crippen molar-refractivity contribution in [2.75, 3.05) is 13.3 Å². The molecule has 3 heterocycles. The van der Waals surface area contributed by atoms with Crippen molar-refractivity contribution < 1.29 is 14.3 Å². The third kappa shape index (κ3) is 4.15. The second kappa shape index (κ2) is 8.23. The molecular weight excluding hydrogens is 412 g/mol. The zero-order valence-electron chi connectivity index (χ0n) is 16.9. The molecule has 0 radical (unpaired) electrons. The SMILES string of the molecule is Cc1ccc(-c2nc3scc(CCNC(=O)/C=C/c4ccc5c(c4)OCO5)n3n2)cc1. The van der Waals surface area contributed by atoms with Crippen molar-refractivity contribution in [2.45, 2.75) is 13.3 Å². The van der Waals surface area contributed by atoms with Crippen molar-refractivity contribution in [1.29, 1.82) is 0 Å². The third-order valence-corrected chi connectivity index (χ3v) is 5.83. The van der Waals surface area contributed by atoms with Crippen molar-refractivity contribution in [1.82, 2.24) is 19.9 Å². The van der Waals surface area contributed by atoms with Crippen LogP contribution < -0.4 is 14.8 Å². The van der Waals surface area contributed by atoms with E-state index in [1.807, 2.05) is 40.2 Å². The maximum atomic E-state index is 12.2. The normalized spacial score (nSPS) is 12.7. The Morgan fingerprint density at radius 3 is 2.90 bits per heavy atom. The number of fused-ring (bicyclic) bond motifs is 2. The zero-order valence-corrected chi connectivity index (χ0v) is 17.7. The fourth-order valence-electron chi connectivity index (χ4n) is 3.28. The van der Waals surface area contributed by atoms with E-state index in [0.717, 1.165) is 27.5 Å². The highest BCUT2D eigenvalue weighted by atomic mass is 32.1. The van der Waals surface area contributed by atoms with Crippen molar-refractivity contribution >= 4 is 28.3 Å². The topological polar surface area (TPSA) is 77.8 Å². The Kier molecular flexibility index (Phi) is 5.13. The summed E-state index contributed by atoms with van der Waals surface area (Å²) in [6.45, 7) is 2.80. The lowest BCUT2D eigenvalue weighted by Gasteiger charge is -2.02. The highest BCUT2D eigenvalue weighted by Crippen LogP contribution is 2.32. The average molecular weight is 433 g/mol. The number of thiazole rings is 1. The lowest BCUT2D eigenvalue weighted by Crippen LogP contribution is -2.23. The van der Waals surface area contributed by atoms with Crippen LogP contribution in [0.15, 0.2) is 53.9 Å². The van der Waals surface area contributed by atoms with Crippen molar-refractivity contribution in [2.24, 2.45) is 0 Å². The molecular formula is C23H20N4O3S. The number of nitrogens with zero attached hydrogens (tertiary/aromatic N) is 3. The Morgan fingerprint density at radius 2 is 2.03 bits per heavy atom. The Balaban J connectivity index is 1.19. The predicted molar refractivity (Wildman–Crippen MR) is 119 cm³/mol. The Hall–Kier alpha value is -3.65. The van der Waals surface area contributed by atoms with Crippen LogP contribution in [0.1, 0.15) is 16.8 Å². The molecule has 0 aliphatic carbocycles. The molecule has 8 heteroatoms. The minimum Gasteiger partial charge on any atom is -0.454 e. The number of nitrogens with one attached hydrogen (secondary N) is 1. The first-order valence-electron chi connectivity index (χ1n) is 9.91. The summed E-state index contributed by atoms with van der Waals surface area (Å²) in [5.41, 5.74) is 4.10. The summed E-state index contributed by atoms with van der Waals surface area (Å²) in [4.78, 5) is 17.6. The van der Waals surface area contributed by atoms with Gasteiger partial charge in [-0.15, -0.1) is 16.4 Å². The van der Waals surface area contributed by atoms with Crippen LogP contribution in [0, 0.1) is 6.92 Å². The van der Waals surface area contributed by atoms with Gasteiger partial charge in [-0.3, -0.25) is 4.79 Å². The fourth-order valence-corrected chi connectivity index (χ4v) is 4.14. The van der Waals surface area contributed by atoms with Gasteiger partial charge in [-0.25, -0.2) is 4.52 Å². The van der Waals surface area contributed by atoms with Gasteiger partial charge in [0.2, 0.25) is 17.7 Å². The van der Waals surface area contributed by atoms with Gasteiger partial charge >= 0.3 is 0 Å². The molecule has 0 unspecified atom stereocenters. The molecule has 31 heavy (non-hydrogen) atoms. The lowest BCUT2D eigenvalue weighted by molar-refractivity contribution is -0.116. The molecule has 2 aromatic carbocycles. The van der Waals surface area contributed by atoms with Crippen LogP contribution in [0.4, 0.5) is 0 Å². The number of carbonyl (C=O) groups excluding carboxylic acids is 1. The number of aromatic nitrogens is 3. The Morgan fingerprint density at radius 1 is 1.19 bits per heavy atom. The molecule has 2 aromatic heterocycles. The van der Waals surface area contributed by atoms with Crippen molar-refractivity contribution in [3.8, 4) is 22.9 Å². The van der Waals surface area contributed by atoms with Crippen molar-refractivity contribution in [3.05, 3.63) is 70.7 Å². The molecule has 7 nitrogen and oxygen atoms in total. The second-order valence-corrected chi connectivity index (χ2v) is 8.05. The average Bonchev–Trinajstić information content (AvgIpc) is 3.49. The fraction of sp³-hybridized carbons (Fsp3) is 0.174. The van der Waals surface area contributed by atoms with Gasteiger partial charge < -0.3 is 14.8 Å². The number of amides is 1. The number of aryl methyl sites for hydroxylation is 1. The number of carbonyl (C=O) groups is 1. The molecule has 156 valence electrons. The molecule has 4 aromatic rings. The van der Waals surface area contributed by atoms with Gasteiger partial charge in [0.25, 0.3) is 0 Å². The third-order valence-electron chi connectivity index (χ3n) is 4.96. The van der Waals surface area contributed by atoms with Gasteiger partial charge in [0.05, 0.1) is 5.69 Å². The first-order chi connectivity index (χ1) is 15.2. The summed E-state index contributed by atoms with van der Waals surface area (Å²) in [7, 11) is 0. The van der Waals surface area contributed by atoms with E-state index in [0.29, 0.717) is 24.5 Å². The number of benzene rings is 2. The summed E-state index contributed by atoms with van der Waals surface area (Å²) in [5, 5.41) is 9.59. The van der Waals surface area contributed by atoms with Gasteiger partial charge in [-0.1, -0.05) is 35.9 Å². The van der Waals surface area contributed by atoms with Gasteiger partial charge in [0.1, 0.15) is 0 Å². The predicted octanol–water partition coefficient (Wildman–Crippen LogP) is 3.87. The Bertz CT molecular complexity index is 1270. The number of ether oxygens (including phenoxy) is 2. The monoisotopic (exact) mass is 432 g/mol. The first-order valence-corrected chi connectivity index (χ1v) is 10.8. The summed E-state index contributed by atoms with van der Waals surface area (Å²) >= 11 is 1.55. The van der Waals surface area contributed by atoms with Gasteiger partial charge in [-0.2, -0.15) is 4.98 Å². The summed E-state index contributed by atoms with van der Waals surface area (Å²) in [5.74, 6) is 1.98. The van der Waals surface area contributed by atoms with E-state index in [4.69, 9.17) is 9.47 Å². The smallest absolute Gasteiger partial charge is 0.244 e. The van der Waals surface area contributed by atoms with Crippen molar-refractivity contribution in [3.63, 3.8) is 0 Å². The van der Waals surface area contributed by atoms with Gasteiger partial charge in [0, 0.05) is 30.0 Å². The number of hydrogen-bond donors (Lipinski definition) is 1. The molecule has 1 N–H and O–H groups in total. The van der Waals surface area contributed by atoms with Crippen LogP contribution in [0.3, 0.4) is 0 Å². The van der Waals surface area contributed by atoms with Crippen LogP contribution in [-0.4, -0.2) is 33.8 Å². The molecule has 1 aliphatic rings. The van der Waals surface area contributed by atoms with E-state index < -0.39 is 0 Å². The number of rotatable bonds is 6. The summed E-state index contributed by atoms with van der Waals surface area (Å²) < 4.78 is 12.5. The highest BCUT2D eigenvalue weighted by molar-refractivity contribution is 7.15.